The van der Waals surface area contributed by atoms with Gasteiger partial charge in [0.25, 0.3) is 0 Å². The second kappa shape index (κ2) is 3.25. The molecule has 1 aliphatic carbocycles. The summed E-state index contributed by atoms with van der Waals surface area (Å²) in [5, 5.41) is 1.09. The SMILES string of the molecule is Cc1cnc2nc(C3(N)CCC3)ccc2c1. The van der Waals surface area contributed by atoms with Gasteiger partial charge in [0.2, 0.25) is 0 Å². The zero-order chi connectivity index (χ0) is 11.2. The van der Waals surface area contributed by atoms with Crippen LogP contribution in [-0.2, 0) is 5.54 Å². The molecule has 0 aromatic carbocycles. The van der Waals surface area contributed by atoms with Crippen molar-refractivity contribution in [3.05, 3.63) is 35.7 Å². The molecule has 2 aromatic rings. The van der Waals surface area contributed by atoms with Crippen LogP contribution in [0.25, 0.3) is 11.0 Å². The van der Waals surface area contributed by atoms with Gasteiger partial charge in [-0.15, -0.1) is 0 Å². The molecule has 82 valence electrons. The number of hydrogen-bond donors (Lipinski definition) is 1. The van der Waals surface area contributed by atoms with E-state index in [4.69, 9.17) is 5.73 Å². The molecule has 3 heteroatoms. The molecule has 2 aromatic heterocycles. The van der Waals surface area contributed by atoms with Crippen molar-refractivity contribution >= 4 is 11.0 Å². The predicted octanol–water partition coefficient (Wildman–Crippen LogP) is 2.28. The zero-order valence-electron chi connectivity index (χ0n) is 9.40. The van der Waals surface area contributed by atoms with Crippen LogP contribution in [0.1, 0.15) is 30.5 Å². The first-order valence-electron chi connectivity index (χ1n) is 5.70. The van der Waals surface area contributed by atoms with Crippen molar-refractivity contribution in [2.45, 2.75) is 31.7 Å². The molecular weight excluding hydrogens is 198 g/mol. The number of hydrogen-bond acceptors (Lipinski definition) is 3. The largest absolute Gasteiger partial charge is 0.320 e. The fourth-order valence-electron chi connectivity index (χ4n) is 2.21. The maximum absolute atomic E-state index is 6.25. The fourth-order valence-corrected chi connectivity index (χ4v) is 2.21. The number of pyridine rings is 2. The van der Waals surface area contributed by atoms with Crippen molar-refractivity contribution in [3.63, 3.8) is 0 Å². The first-order chi connectivity index (χ1) is 7.67. The molecule has 0 unspecified atom stereocenters. The van der Waals surface area contributed by atoms with Gasteiger partial charge in [0, 0.05) is 11.6 Å². The van der Waals surface area contributed by atoms with Gasteiger partial charge < -0.3 is 5.73 Å². The number of aryl methyl sites for hydroxylation is 1. The third kappa shape index (κ3) is 1.39. The second-order valence-corrected chi connectivity index (χ2v) is 4.77. The maximum Gasteiger partial charge on any atom is 0.159 e. The highest BCUT2D eigenvalue weighted by Gasteiger charge is 2.35. The number of fused-ring (bicyclic) bond motifs is 1. The van der Waals surface area contributed by atoms with Crippen LogP contribution in [0.3, 0.4) is 0 Å². The van der Waals surface area contributed by atoms with E-state index in [1.165, 1.54) is 6.42 Å². The van der Waals surface area contributed by atoms with E-state index in [1.807, 2.05) is 19.2 Å². The Morgan fingerprint density at radius 3 is 2.81 bits per heavy atom. The smallest absolute Gasteiger partial charge is 0.159 e. The highest BCUT2D eigenvalue weighted by Crippen LogP contribution is 2.37. The highest BCUT2D eigenvalue weighted by molar-refractivity contribution is 5.75. The van der Waals surface area contributed by atoms with Crippen molar-refractivity contribution in [1.82, 2.24) is 9.97 Å². The Labute approximate surface area is 94.7 Å². The van der Waals surface area contributed by atoms with Gasteiger partial charge in [-0.05, 0) is 49.9 Å². The summed E-state index contributed by atoms with van der Waals surface area (Å²) in [6.45, 7) is 2.04. The minimum absolute atomic E-state index is 0.194. The standard InChI is InChI=1S/C13H15N3/c1-9-7-10-3-4-11(13(14)5-2-6-13)16-12(10)15-8-9/h3-4,7-8H,2,5-6,14H2,1H3. The summed E-state index contributed by atoms with van der Waals surface area (Å²) in [6, 6.07) is 6.22. The van der Waals surface area contributed by atoms with E-state index in [-0.39, 0.29) is 5.54 Å². The monoisotopic (exact) mass is 213 g/mol. The first kappa shape index (κ1) is 9.73. The molecule has 1 aliphatic rings. The molecule has 0 atom stereocenters. The molecule has 1 saturated carbocycles. The number of nitrogens with zero attached hydrogens (tertiary/aromatic N) is 2. The van der Waals surface area contributed by atoms with Crippen molar-refractivity contribution in [1.29, 1.82) is 0 Å². The van der Waals surface area contributed by atoms with E-state index >= 15 is 0 Å². The van der Waals surface area contributed by atoms with Crippen LogP contribution in [0.2, 0.25) is 0 Å². The summed E-state index contributed by atoms with van der Waals surface area (Å²) < 4.78 is 0. The van der Waals surface area contributed by atoms with Crippen LogP contribution < -0.4 is 5.73 Å². The Kier molecular flexibility index (Phi) is 1.98. The average molecular weight is 213 g/mol. The predicted molar refractivity (Wildman–Crippen MR) is 64.0 cm³/mol. The lowest BCUT2D eigenvalue weighted by molar-refractivity contribution is 0.247. The van der Waals surface area contributed by atoms with Crippen LogP contribution in [0.5, 0.6) is 0 Å². The topological polar surface area (TPSA) is 51.8 Å². The van der Waals surface area contributed by atoms with Gasteiger partial charge in [-0.25, -0.2) is 9.97 Å². The van der Waals surface area contributed by atoms with Crippen LogP contribution in [0, 0.1) is 6.92 Å². The lowest BCUT2D eigenvalue weighted by Crippen LogP contribution is -2.44. The third-order valence-electron chi connectivity index (χ3n) is 3.43. The molecule has 0 saturated heterocycles. The number of rotatable bonds is 1. The Balaban J connectivity index is 2.12. The fraction of sp³-hybridized carbons (Fsp3) is 0.385. The molecule has 2 heterocycles. The normalized spacial score (nSPS) is 18.4. The van der Waals surface area contributed by atoms with E-state index in [9.17, 15) is 0 Å². The van der Waals surface area contributed by atoms with Gasteiger partial charge in [-0.3, -0.25) is 0 Å². The molecule has 0 bridgehead atoms. The van der Waals surface area contributed by atoms with Crippen molar-refractivity contribution in [3.8, 4) is 0 Å². The van der Waals surface area contributed by atoms with Crippen molar-refractivity contribution < 1.29 is 0 Å². The van der Waals surface area contributed by atoms with Crippen LogP contribution in [0.4, 0.5) is 0 Å². The summed E-state index contributed by atoms with van der Waals surface area (Å²) in [7, 11) is 0. The van der Waals surface area contributed by atoms with Crippen LogP contribution >= 0.6 is 0 Å². The molecular formula is C13H15N3. The van der Waals surface area contributed by atoms with E-state index < -0.39 is 0 Å². The van der Waals surface area contributed by atoms with E-state index in [0.717, 1.165) is 35.1 Å². The molecule has 3 nitrogen and oxygen atoms in total. The third-order valence-corrected chi connectivity index (χ3v) is 3.43. The number of aromatic nitrogens is 2. The zero-order valence-corrected chi connectivity index (χ0v) is 9.40. The highest BCUT2D eigenvalue weighted by atomic mass is 14.9. The van der Waals surface area contributed by atoms with Gasteiger partial charge >= 0.3 is 0 Å². The second-order valence-electron chi connectivity index (χ2n) is 4.77. The minimum atomic E-state index is -0.194. The van der Waals surface area contributed by atoms with Gasteiger partial charge in [0.05, 0.1) is 11.2 Å². The Bertz CT molecular complexity index is 544. The summed E-state index contributed by atoms with van der Waals surface area (Å²) in [6.07, 6.45) is 5.13. The van der Waals surface area contributed by atoms with Crippen LogP contribution in [0.15, 0.2) is 24.4 Å². The molecule has 0 spiro atoms. The van der Waals surface area contributed by atoms with Crippen LogP contribution in [-0.4, -0.2) is 9.97 Å². The summed E-state index contributed by atoms with van der Waals surface area (Å²) in [5.74, 6) is 0. The Morgan fingerprint density at radius 1 is 1.31 bits per heavy atom. The van der Waals surface area contributed by atoms with E-state index in [2.05, 4.69) is 22.1 Å². The van der Waals surface area contributed by atoms with E-state index in [1.54, 1.807) is 0 Å². The van der Waals surface area contributed by atoms with Gasteiger partial charge in [-0.1, -0.05) is 0 Å². The molecule has 1 fully saturated rings. The molecule has 16 heavy (non-hydrogen) atoms. The van der Waals surface area contributed by atoms with Gasteiger partial charge in [0.1, 0.15) is 0 Å². The van der Waals surface area contributed by atoms with Crippen molar-refractivity contribution in [2.75, 3.05) is 0 Å². The molecule has 2 N–H and O–H groups in total. The summed E-state index contributed by atoms with van der Waals surface area (Å²) >= 11 is 0. The van der Waals surface area contributed by atoms with Crippen molar-refractivity contribution in [2.24, 2.45) is 5.73 Å². The lowest BCUT2D eigenvalue weighted by Gasteiger charge is -2.37. The first-order valence-corrected chi connectivity index (χ1v) is 5.70. The Hall–Kier alpha value is -1.48. The minimum Gasteiger partial charge on any atom is -0.320 e. The summed E-state index contributed by atoms with van der Waals surface area (Å²) in [5.41, 5.74) is 9.02. The molecule has 0 amide bonds. The summed E-state index contributed by atoms with van der Waals surface area (Å²) in [4.78, 5) is 8.92. The van der Waals surface area contributed by atoms with Gasteiger partial charge in [0.15, 0.2) is 5.65 Å². The van der Waals surface area contributed by atoms with E-state index in [0.29, 0.717) is 0 Å². The maximum atomic E-state index is 6.25. The quantitative estimate of drug-likeness (QED) is 0.790. The average Bonchev–Trinajstić information content (AvgIpc) is 2.25. The molecule has 3 rings (SSSR count). The number of nitrogens with two attached hydrogens (primary N) is 1. The Morgan fingerprint density at radius 2 is 2.12 bits per heavy atom. The lowest BCUT2D eigenvalue weighted by atomic mass is 9.75. The molecule has 0 radical (unpaired) electrons. The molecule has 0 aliphatic heterocycles. The van der Waals surface area contributed by atoms with Gasteiger partial charge in [-0.2, -0.15) is 0 Å².